The van der Waals surface area contributed by atoms with Gasteiger partial charge in [-0.05, 0) is 29.5 Å². The lowest BCUT2D eigenvalue weighted by molar-refractivity contribution is -0.113. The lowest BCUT2D eigenvalue weighted by atomic mass is 10.2. The van der Waals surface area contributed by atoms with Gasteiger partial charge in [0, 0.05) is 29.9 Å². The van der Waals surface area contributed by atoms with Crippen LogP contribution in [0.1, 0.15) is 5.82 Å². The number of carbonyl (C=O) groups excluding carboxylic acids is 1. The van der Waals surface area contributed by atoms with Crippen molar-refractivity contribution in [2.75, 3.05) is 11.1 Å². The van der Waals surface area contributed by atoms with Crippen molar-refractivity contribution in [3.8, 4) is 17.1 Å². The van der Waals surface area contributed by atoms with E-state index < -0.39 is 5.57 Å². The van der Waals surface area contributed by atoms with Crippen LogP contribution in [0.3, 0.4) is 0 Å². The summed E-state index contributed by atoms with van der Waals surface area (Å²) >= 11 is 5.91. The lowest BCUT2D eigenvalue weighted by Crippen LogP contribution is -2.16. The van der Waals surface area contributed by atoms with Crippen LogP contribution in [0.5, 0.6) is 5.75 Å². The molecule has 0 radical (unpaired) electrons. The largest absolute Gasteiger partial charge is 0.487 e. The van der Waals surface area contributed by atoms with Crippen LogP contribution in [-0.2, 0) is 18.4 Å². The fourth-order valence-electron chi connectivity index (χ4n) is 2.82. The molecule has 1 amide bonds. The minimum absolute atomic E-state index is 0.0592. The summed E-state index contributed by atoms with van der Waals surface area (Å²) in [6.45, 7) is 0.256. The summed E-state index contributed by atoms with van der Waals surface area (Å²) < 4.78 is 31.3. The van der Waals surface area contributed by atoms with Gasteiger partial charge in [-0.2, -0.15) is 4.80 Å². The van der Waals surface area contributed by atoms with Crippen LogP contribution in [-0.4, -0.2) is 52.2 Å². The van der Waals surface area contributed by atoms with E-state index in [0.717, 1.165) is 5.56 Å². The van der Waals surface area contributed by atoms with Crippen LogP contribution in [0.2, 0.25) is 0 Å². The van der Waals surface area contributed by atoms with Crippen LogP contribution < -0.4 is 10.1 Å². The number of anilines is 1. The summed E-state index contributed by atoms with van der Waals surface area (Å²) in [6, 6.07) is 14.9. The molecular formula is C20H17ClF2N8O2S. The summed E-state index contributed by atoms with van der Waals surface area (Å²) in [5.74, 6) is 0.716. The van der Waals surface area contributed by atoms with E-state index in [1.807, 2.05) is 30.3 Å². The van der Waals surface area contributed by atoms with E-state index in [1.54, 1.807) is 11.6 Å². The number of amides is 1. The maximum atomic E-state index is 12.7. The van der Waals surface area contributed by atoms with Gasteiger partial charge in [-0.1, -0.05) is 42.1 Å². The molecule has 0 bridgehead atoms. The number of nitrogens with one attached hydrogen (secondary N) is 1. The average molecular weight is 507 g/mol. The first-order valence-corrected chi connectivity index (χ1v) is 11.1. The van der Waals surface area contributed by atoms with Crippen LogP contribution in [0, 0.1) is 0 Å². The molecule has 10 nitrogen and oxygen atoms in total. The van der Waals surface area contributed by atoms with Crippen LogP contribution in [0.4, 0.5) is 14.5 Å². The molecule has 0 aliphatic carbocycles. The molecule has 0 aliphatic rings. The predicted octanol–water partition coefficient (Wildman–Crippen LogP) is 3.42. The Hall–Kier alpha value is -3.58. The third-order valence-corrected chi connectivity index (χ3v) is 5.49. The summed E-state index contributed by atoms with van der Waals surface area (Å²) in [6.07, 6.45) is 0. The zero-order valence-electron chi connectivity index (χ0n) is 17.6. The second kappa shape index (κ2) is 10.1. The van der Waals surface area contributed by atoms with Crippen LogP contribution >= 0.6 is 23.4 Å². The molecule has 0 saturated carbocycles. The van der Waals surface area contributed by atoms with Gasteiger partial charge in [0.15, 0.2) is 11.0 Å². The first kappa shape index (κ1) is 23.6. The molecule has 0 saturated heterocycles. The van der Waals surface area contributed by atoms with E-state index in [2.05, 4.69) is 35.7 Å². The maximum absolute atomic E-state index is 12.7. The Kier molecular flexibility index (Phi) is 7.03. The number of hydrogen-bond acceptors (Lipinski definition) is 8. The molecule has 0 spiro atoms. The SMILES string of the molecule is Cn1c(Cn2nnc(-c3ccccc3)n2)nnc1SCC(=O)Nc1ccc(OC(F)(F)Cl)cc1. The first-order chi connectivity index (χ1) is 16.3. The molecular weight excluding hydrogens is 490 g/mol. The van der Waals surface area contributed by atoms with Crippen molar-refractivity contribution in [3.63, 3.8) is 0 Å². The topological polar surface area (TPSA) is 113 Å². The summed E-state index contributed by atoms with van der Waals surface area (Å²) in [4.78, 5) is 13.7. The summed E-state index contributed by atoms with van der Waals surface area (Å²) in [5.41, 5.74) is -2.53. The molecule has 34 heavy (non-hydrogen) atoms. The fraction of sp³-hybridized carbons (Fsp3) is 0.200. The van der Waals surface area contributed by atoms with Gasteiger partial charge in [-0.15, -0.1) is 29.2 Å². The van der Waals surface area contributed by atoms with Gasteiger partial charge in [-0.25, -0.2) is 0 Å². The van der Waals surface area contributed by atoms with Gasteiger partial charge in [0.1, 0.15) is 12.3 Å². The Labute approximate surface area is 201 Å². The Balaban J connectivity index is 1.30. The Bertz CT molecular complexity index is 1260. The molecule has 2 aromatic heterocycles. The van der Waals surface area contributed by atoms with Crippen molar-refractivity contribution in [2.45, 2.75) is 17.3 Å². The van der Waals surface area contributed by atoms with Crippen molar-refractivity contribution in [2.24, 2.45) is 7.05 Å². The number of thioether (sulfide) groups is 1. The normalized spacial score (nSPS) is 11.4. The van der Waals surface area contributed by atoms with Crippen LogP contribution in [0.15, 0.2) is 59.8 Å². The molecule has 1 N–H and O–H groups in total. The minimum atomic E-state index is -3.80. The van der Waals surface area contributed by atoms with Gasteiger partial charge in [-0.3, -0.25) is 4.79 Å². The molecule has 2 aromatic carbocycles. The second-order valence-corrected chi connectivity index (χ2v) is 8.26. The zero-order valence-corrected chi connectivity index (χ0v) is 19.2. The van der Waals surface area contributed by atoms with Gasteiger partial charge in [0.2, 0.25) is 11.7 Å². The molecule has 0 atom stereocenters. The Morgan fingerprint density at radius 1 is 1.12 bits per heavy atom. The van der Waals surface area contributed by atoms with Gasteiger partial charge < -0.3 is 14.6 Å². The van der Waals surface area contributed by atoms with E-state index in [1.165, 1.54) is 40.8 Å². The van der Waals surface area contributed by atoms with Crippen molar-refractivity contribution in [3.05, 3.63) is 60.4 Å². The summed E-state index contributed by atoms with van der Waals surface area (Å²) in [7, 11) is 1.77. The van der Waals surface area contributed by atoms with E-state index in [-0.39, 0.29) is 24.0 Å². The molecule has 4 aromatic rings. The van der Waals surface area contributed by atoms with E-state index >= 15 is 0 Å². The number of tetrazole rings is 1. The molecule has 0 unspecified atom stereocenters. The number of hydrogen-bond donors (Lipinski definition) is 1. The Morgan fingerprint density at radius 2 is 1.85 bits per heavy atom. The number of carbonyl (C=O) groups is 1. The third-order valence-electron chi connectivity index (χ3n) is 4.40. The fourth-order valence-corrected chi connectivity index (χ4v) is 3.63. The standard InChI is InChI=1S/C20H17ClF2N8O2S/c1-30-16(11-31-28-18(26-29-31)13-5-3-2-4-6-13)25-27-19(30)34-12-17(32)24-14-7-9-15(10-8-14)33-20(21,22)23/h2-10H,11-12H2,1H3,(H,24,32). The smallest absolute Gasteiger partial charge is 0.420 e. The van der Waals surface area contributed by atoms with E-state index in [9.17, 15) is 13.6 Å². The van der Waals surface area contributed by atoms with Crippen molar-refractivity contribution in [1.29, 1.82) is 0 Å². The third kappa shape index (κ3) is 6.26. The number of benzene rings is 2. The van der Waals surface area contributed by atoms with Crippen molar-refractivity contribution in [1.82, 2.24) is 35.0 Å². The first-order valence-electron chi connectivity index (χ1n) is 9.77. The van der Waals surface area contributed by atoms with Gasteiger partial charge in [0.25, 0.3) is 0 Å². The van der Waals surface area contributed by atoms with Crippen LogP contribution in [0.25, 0.3) is 11.4 Å². The molecule has 2 heterocycles. The number of alkyl halides is 3. The summed E-state index contributed by atoms with van der Waals surface area (Å²) in [5, 5.41) is 23.9. The molecule has 0 aliphatic heterocycles. The van der Waals surface area contributed by atoms with Gasteiger partial charge >= 0.3 is 5.57 Å². The van der Waals surface area contributed by atoms with E-state index in [0.29, 0.717) is 22.5 Å². The van der Waals surface area contributed by atoms with Gasteiger partial charge in [0.05, 0.1) is 5.75 Å². The number of ether oxygens (including phenoxy) is 1. The van der Waals surface area contributed by atoms with Crippen molar-refractivity contribution < 1.29 is 18.3 Å². The highest BCUT2D eigenvalue weighted by Crippen LogP contribution is 2.26. The molecule has 176 valence electrons. The average Bonchev–Trinajstić information content (AvgIpc) is 3.41. The molecule has 4 rings (SSSR count). The highest BCUT2D eigenvalue weighted by atomic mass is 35.5. The minimum Gasteiger partial charge on any atom is -0.420 e. The van der Waals surface area contributed by atoms with E-state index in [4.69, 9.17) is 11.6 Å². The predicted molar refractivity (Wildman–Crippen MR) is 121 cm³/mol. The lowest BCUT2D eigenvalue weighted by Gasteiger charge is -2.11. The maximum Gasteiger partial charge on any atom is 0.487 e. The Morgan fingerprint density at radius 3 is 2.56 bits per heavy atom. The number of halogens is 3. The quantitative estimate of drug-likeness (QED) is 0.271. The number of rotatable bonds is 9. The zero-order chi connectivity index (χ0) is 24.1. The molecule has 14 heteroatoms. The number of aromatic nitrogens is 7. The molecule has 0 fully saturated rings. The highest BCUT2D eigenvalue weighted by Gasteiger charge is 2.27. The van der Waals surface area contributed by atoms with Crippen molar-refractivity contribution >= 4 is 35.0 Å². The highest BCUT2D eigenvalue weighted by molar-refractivity contribution is 7.99. The second-order valence-electron chi connectivity index (χ2n) is 6.88. The monoisotopic (exact) mass is 506 g/mol. The number of nitrogens with zero attached hydrogens (tertiary/aromatic N) is 7.